The lowest BCUT2D eigenvalue weighted by Crippen LogP contribution is -2.52. The zero-order valence-corrected chi connectivity index (χ0v) is 19.8. The molecule has 0 aromatic carbocycles. The Morgan fingerprint density at radius 3 is 2.44 bits per heavy atom. The molecule has 182 valence electrons. The highest BCUT2D eigenvalue weighted by molar-refractivity contribution is 6.45. The minimum atomic E-state index is -0.670. The van der Waals surface area contributed by atoms with Gasteiger partial charge in [0.15, 0.2) is 0 Å². The Balaban J connectivity index is 1.36. The van der Waals surface area contributed by atoms with E-state index in [1.165, 1.54) is 24.4 Å². The van der Waals surface area contributed by atoms with Gasteiger partial charge in [-0.15, -0.1) is 0 Å². The number of aromatic amines is 1. The normalized spacial score (nSPS) is 13.6. The topological polar surface area (TPSA) is 134 Å². The number of aromatic nitrogens is 5. The van der Waals surface area contributed by atoms with Gasteiger partial charge in [-0.1, -0.05) is 6.07 Å². The molecule has 5 heterocycles. The van der Waals surface area contributed by atoms with Crippen molar-refractivity contribution >= 4 is 28.5 Å². The third-order valence-corrected chi connectivity index (χ3v) is 6.20. The Morgan fingerprint density at radius 1 is 0.972 bits per heavy atom. The zero-order chi connectivity index (χ0) is 25.2. The second-order valence-corrected chi connectivity index (χ2v) is 8.30. The van der Waals surface area contributed by atoms with Crippen molar-refractivity contribution in [2.45, 2.75) is 6.92 Å². The number of carbonyl (C=O) groups excluding carboxylic acids is 3. The van der Waals surface area contributed by atoms with Crippen LogP contribution in [0, 0.1) is 6.92 Å². The molecule has 1 aliphatic rings. The predicted octanol–water partition coefficient (Wildman–Crippen LogP) is 1.90. The number of piperazine rings is 1. The molecule has 11 heteroatoms. The average molecular weight is 486 g/mol. The number of aryl methyl sites for hydroxylation is 1. The first-order valence-corrected chi connectivity index (χ1v) is 11.3. The van der Waals surface area contributed by atoms with Crippen LogP contribution in [0.3, 0.4) is 0 Å². The Hall–Kier alpha value is -4.67. The minimum Gasteiger partial charge on any atom is -0.494 e. The standard InChI is InChI=1S/C25H23N7O4/c1-15-4-3-5-28-20(15)24(34)31-8-10-32(11-9-31)25(35)23(33)16-12-29-22-19(16)18(36-2)14-30-21(22)17-13-26-6-7-27-17/h3-7,12-14,29H,8-11H2,1-2H3. The molecule has 4 aromatic heterocycles. The first-order chi connectivity index (χ1) is 17.5. The lowest BCUT2D eigenvalue weighted by Gasteiger charge is -2.34. The van der Waals surface area contributed by atoms with Crippen molar-refractivity contribution in [2.24, 2.45) is 0 Å². The number of Topliss-reactive ketones (excluding diaryl/α,β-unsaturated/α-hetero) is 1. The fourth-order valence-corrected chi connectivity index (χ4v) is 4.30. The van der Waals surface area contributed by atoms with Gasteiger partial charge in [0.1, 0.15) is 22.8 Å². The van der Waals surface area contributed by atoms with Gasteiger partial charge in [-0.25, -0.2) is 4.98 Å². The smallest absolute Gasteiger partial charge is 0.295 e. The number of rotatable bonds is 5. The summed E-state index contributed by atoms with van der Waals surface area (Å²) in [4.78, 5) is 62.4. The lowest BCUT2D eigenvalue weighted by molar-refractivity contribution is -0.127. The molecule has 0 saturated carbocycles. The third kappa shape index (κ3) is 4.04. The highest BCUT2D eigenvalue weighted by Crippen LogP contribution is 2.34. The number of hydrogen-bond acceptors (Lipinski definition) is 8. The largest absolute Gasteiger partial charge is 0.494 e. The second-order valence-electron chi connectivity index (χ2n) is 8.30. The number of pyridine rings is 2. The van der Waals surface area contributed by atoms with E-state index in [-0.39, 0.29) is 24.6 Å². The van der Waals surface area contributed by atoms with Crippen molar-refractivity contribution in [3.05, 3.63) is 66.1 Å². The van der Waals surface area contributed by atoms with E-state index >= 15 is 0 Å². The van der Waals surface area contributed by atoms with E-state index in [4.69, 9.17) is 4.74 Å². The van der Waals surface area contributed by atoms with Gasteiger partial charge in [0.25, 0.3) is 17.6 Å². The van der Waals surface area contributed by atoms with E-state index in [9.17, 15) is 14.4 Å². The van der Waals surface area contributed by atoms with Gasteiger partial charge in [0, 0.05) is 51.0 Å². The van der Waals surface area contributed by atoms with Crippen LogP contribution in [0.2, 0.25) is 0 Å². The van der Waals surface area contributed by atoms with Gasteiger partial charge in [0.05, 0.1) is 36.0 Å². The van der Waals surface area contributed by atoms with Crippen molar-refractivity contribution in [1.82, 2.24) is 34.7 Å². The van der Waals surface area contributed by atoms with Crippen LogP contribution >= 0.6 is 0 Å². The number of fused-ring (bicyclic) bond motifs is 1. The average Bonchev–Trinajstić information content (AvgIpc) is 3.37. The SMILES string of the molecule is COc1cnc(-c2cnccn2)c2[nH]cc(C(=O)C(=O)N3CCN(C(=O)c4ncccc4C)CC3)c12. The Labute approximate surface area is 206 Å². The van der Waals surface area contributed by atoms with Crippen LogP contribution in [0.25, 0.3) is 22.3 Å². The molecule has 0 bridgehead atoms. The van der Waals surface area contributed by atoms with E-state index in [1.807, 2.05) is 13.0 Å². The van der Waals surface area contributed by atoms with E-state index < -0.39 is 11.7 Å². The van der Waals surface area contributed by atoms with Crippen molar-refractivity contribution in [3.8, 4) is 17.1 Å². The van der Waals surface area contributed by atoms with E-state index in [0.717, 1.165) is 5.56 Å². The van der Waals surface area contributed by atoms with Crippen molar-refractivity contribution in [3.63, 3.8) is 0 Å². The number of methoxy groups -OCH3 is 1. The van der Waals surface area contributed by atoms with Crippen LogP contribution in [0.1, 0.15) is 26.4 Å². The summed E-state index contributed by atoms with van der Waals surface area (Å²) in [5.74, 6) is -1.14. The number of carbonyl (C=O) groups is 3. The summed E-state index contributed by atoms with van der Waals surface area (Å²) in [6, 6.07) is 3.61. The summed E-state index contributed by atoms with van der Waals surface area (Å²) < 4.78 is 5.44. The maximum atomic E-state index is 13.3. The summed E-state index contributed by atoms with van der Waals surface area (Å²) in [6.07, 6.45) is 9.22. The predicted molar refractivity (Wildman–Crippen MR) is 129 cm³/mol. The molecule has 5 rings (SSSR count). The molecule has 1 aliphatic heterocycles. The number of nitrogens with one attached hydrogen (secondary N) is 1. The highest BCUT2D eigenvalue weighted by Gasteiger charge is 2.32. The molecular weight excluding hydrogens is 462 g/mol. The van der Waals surface area contributed by atoms with Crippen LogP contribution in [-0.4, -0.2) is 85.6 Å². The summed E-state index contributed by atoms with van der Waals surface area (Å²) >= 11 is 0. The molecule has 1 saturated heterocycles. The first-order valence-electron chi connectivity index (χ1n) is 11.3. The summed E-state index contributed by atoms with van der Waals surface area (Å²) in [6.45, 7) is 2.94. The van der Waals surface area contributed by atoms with Gasteiger partial charge < -0.3 is 19.5 Å². The Morgan fingerprint density at radius 2 is 1.75 bits per heavy atom. The quantitative estimate of drug-likeness (QED) is 0.335. The van der Waals surface area contributed by atoms with Crippen LogP contribution in [0.15, 0.2) is 49.3 Å². The van der Waals surface area contributed by atoms with E-state index in [0.29, 0.717) is 46.8 Å². The van der Waals surface area contributed by atoms with Crippen molar-refractivity contribution in [2.75, 3.05) is 33.3 Å². The number of H-pyrrole nitrogens is 1. The number of nitrogens with zero attached hydrogens (tertiary/aromatic N) is 6. The third-order valence-electron chi connectivity index (χ3n) is 6.20. The maximum Gasteiger partial charge on any atom is 0.295 e. The zero-order valence-electron chi connectivity index (χ0n) is 19.8. The van der Waals surface area contributed by atoms with E-state index in [2.05, 4.69) is 24.9 Å². The summed E-state index contributed by atoms with van der Waals surface area (Å²) in [5, 5.41) is 0.450. The molecule has 11 nitrogen and oxygen atoms in total. The fourth-order valence-electron chi connectivity index (χ4n) is 4.30. The van der Waals surface area contributed by atoms with Gasteiger partial charge in [-0.3, -0.25) is 29.3 Å². The van der Waals surface area contributed by atoms with Crippen molar-refractivity contribution in [1.29, 1.82) is 0 Å². The Bertz CT molecular complexity index is 1460. The van der Waals surface area contributed by atoms with Gasteiger partial charge in [-0.2, -0.15) is 0 Å². The Kier molecular flexibility index (Phi) is 6.11. The van der Waals surface area contributed by atoms with Crippen LogP contribution in [0.5, 0.6) is 5.75 Å². The summed E-state index contributed by atoms with van der Waals surface area (Å²) in [7, 11) is 1.47. The monoisotopic (exact) mass is 485 g/mol. The maximum absolute atomic E-state index is 13.3. The molecular formula is C25H23N7O4. The molecule has 0 atom stereocenters. The van der Waals surface area contributed by atoms with Crippen molar-refractivity contribution < 1.29 is 19.1 Å². The molecule has 0 radical (unpaired) electrons. The van der Waals surface area contributed by atoms with Crippen LogP contribution in [0.4, 0.5) is 0 Å². The minimum absolute atomic E-state index is 0.182. The van der Waals surface area contributed by atoms with E-state index in [1.54, 1.807) is 35.8 Å². The molecule has 36 heavy (non-hydrogen) atoms. The number of hydrogen-bond donors (Lipinski definition) is 1. The fraction of sp³-hybridized carbons (Fsp3) is 0.240. The molecule has 0 aliphatic carbocycles. The van der Waals surface area contributed by atoms with Gasteiger partial charge >= 0.3 is 0 Å². The number of amides is 2. The number of ketones is 1. The second kappa shape index (κ2) is 9.53. The number of ether oxygens (including phenoxy) is 1. The highest BCUT2D eigenvalue weighted by atomic mass is 16.5. The first kappa shape index (κ1) is 23.1. The van der Waals surface area contributed by atoms with Crippen LogP contribution < -0.4 is 4.74 Å². The molecule has 4 aromatic rings. The lowest BCUT2D eigenvalue weighted by atomic mass is 10.1. The molecule has 2 amide bonds. The van der Waals surface area contributed by atoms with Gasteiger partial charge in [-0.05, 0) is 18.6 Å². The molecule has 1 N–H and O–H groups in total. The van der Waals surface area contributed by atoms with Crippen LogP contribution in [-0.2, 0) is 4.79 Å². The molecule has 0 unspecified atom stereocenters. The molecule has 1 fully saturated rings. The molecule has 0 spiro atoms. The van der Waals surface area contributed by atoms with Gasteiger partial charge in [0.2, 0.25) is 0 Å². The summed E-state index contributed by atoms with van der Waals surface area (Å²) in [5.41, 5.74) is 2.89.